The molecule has 1 amide bonds. The molecule has 2 aromatic heterocycles. The van der Waals surface area contributed by atoms with E-state index in [1.54, 1.807) is 24.3 Å². The van der Waals surface area contributed by atoms with E-state index < -0.39 is 15.9 Å². The first kappa shape index (κ1) is 25.2. The van der Waals surface area contributed by atoms with Crippen LogP contribution in [0.2, 0.25) is 5.02 Å². The molecule has 2 heterocycles. The Bertz CT molecular complexity index is 1570. The van der Waals surface area contributed by atoms with Gasteiger partial charge in [-0.3, -0.25) is 4.79 Å². The number of pyridine rings is 2. The average Bonchev–Trinajstić information content (AvgIpc) is 2.81. The first-order chi connectivity index (χ1) is 17.0. The third-order valence-corrected chi connectivity index (χ3v) is 6.87. The maximum absolute atomic E-state index is 13.2. The van der Waals surface area contributed by atoms with E-state index in [1.165, 1.54) is 24.3 Å². The smallest absolute Gasteiger partial charge is 0.281 e. The number of halogens is 1. The van der Waals surface area contributed by atoms with Crippen LogP contribution in [0.15, 0.2) is 71.8 Å². The molecule has 4 rings (SSSR count). The van der Waals surface area contributed by atoms with Crippen molar-refractivity contribution >= 4 is 33.3 Å². The number of nitrogens with zero attached hydrogens (tertiary/aromatic N) is 2. The summed E-state index contributed by atoms with van der Waals surface area (Å²) in [5.41, 5.74) is 9.32. The Hall–Kier alpha value is -3.95. The second-order valence-electron chi connectivity index (χ2n) is 8.19. The summed E-state index contributed by atoms with van der Waals surface area (Å²) in [5.74, 6) is -0.491. The molecule has 0 aliphatic carbocycles. The summed E-state index contributed by atoms with van der Waals surface area (Å²) in [4.78, 5) is 21.5. The number of nitrogens with two attached hydrogens (primary N) is 1. The maximum atomic E-state index is 13.2. The molecule has 0 unspecified atom stereocenters. The van der Waals surface area contributed by atoms with E-state index in [-0.39, 0.29) is 22.3 Å². The van der Waals surface area contributed by atoms with Crippen LogP contribution in [0.5, 0.6) is 11.6 Å². The van der Waals surface area contributed by atoms with Crippen molar-refractivity contribution in [3.63, 3.8) is 0 Å². The highest BCUT2D eigenvalue weighted by Gasteiger charge is 2.25. The van der Waals surface area contributed by atoms with Gasteiger partial charge in [0.25, 0.3) is 15.9 Å². The van der Waals surface area contributed by atoms with Crippen LogP contribution in [0.1, 0.15) is 27.0 Å². The van der Waals surface area contributed by atoms with Gasteiger partial charge in [0, 0.05) is 10.6 Å². The summed E-state index contributed by atoms with van der Waals surface area (Å²) in [7, 11) is -4.31. The van der Waals surface area contributed by atoms with Crippen LogP contribution in [-0.4, -0.2) is 24.3 Å². The van der Waals surface area contributed by atoms with Gasteiger partial charge in [-0.2, -0.15) is 8.42 Å². The van der Waals surface area contributed by atoms with Gasteiger partial charge >= 0.3 is 0 Å². The standard InChI is InChI=1S/C26H23ClN4O4S/c1-15-13-16(2)24(17(3)14-15)35-26-19(11-12-21(29-26)18-7-4-5-8-20(18)27)25(32)31-36(33,34)23-10-6-9-22(28)30-23/h4-14H,1-3H3,(H2,28,30)(H,31,32). The van der Waals surface area contributed by atoms with Crippen LogP contribution in [0.3, 0.4) is 0 Å². The predicted molar refractivity (Wildman–Crippen MR) is 139 cm³/mol. The zero-order valence-electron chi connectivity index (χ0n) is 19.7. The Morgan fingerprint density at radius 1 is 0.944 bits per heavy atom. The van der Waals surface area contributed by atoms with Gasteiger partial charge in [-0.15, -0.1) is 0 Å². The number of hydrogen-bond acceptors (Lipinski definition) is 7. The fourth-order valence-corrected chi connectivity index (χ4v) is 4.92. The summed E-state index contributed by atoms with van der Waals surface area (Å²) in [6.07, 6.45) is 0. The molecule has 0 saturated heterocycles. The monoisotopic (exact) mass is 522 g/mol. The summed E-state index contributed by atoms with van der Waals surface area (Å²) >= 11 is 6.35. The molecule has 10 heteroatoms. The van der Waals surface area contributed by atoms with Crippen LogP contribution in [0.4, 0.5) is 5.82 Å². The first-order valence-corrected chi connectivity index (χ1v) is 12.7. The maximum Gasteiger partial charge on any atom is 0.281 e. The van der Waals surface area contributed by atoms with Crippen molar-refractivity contribution in [2.45, 2.75) is 25.8 Å². The SMILES string of the molecule is Cc1cc(C)c(Oc2nc(-c3ccccc3Cl)ccc2C(=O)NS(=O)(=O)c2cccc(N)n2)c(C)c1. The predicted octanol–water partition coefficient (Wildman–Crippen LogP) is 5.22. The topological polar surface area (TPSA) is 124 Å². The molecule has 184 valence electrons. The fourth-order valence-electron chi connectivity index (χ4n) is 3.74. The van der Waals surface area contributed by atoms with Gasteiger partial charge in [-0.05, 0) is 62.2 Å². The number of carbonyl (C=O) groups excluding carboxylic acids is 1. The summed E-state index contributed by atoms with van der Waals surface area (Å²) in [5, 5.41) is 0.0790. The molecule has 0 atom stereocenters. The zero-order valence-corrected chi connectivity index (χ0v) is 21.3. The van der Waals surface area contributed by atoms with Gasteiger partial charge < -0.3 is 10.5 Å². The molecular weight excluding hydrogens is 500 g/mol. The first-order valence-electron chi connectivity index (χ1n) is 10.9. The lowest BCUT2D eigenvalue weighted by Gasteiger charge is -2.16. The highest BCUT2D eigenvalue weighted by molar-refractivity contribution is 7.90. The molecule has 0 saturated carbocycles. The van der Waals surface area contributed by atoms with Crippen molar-refractivity contribution < 1.29 is 17.9 Å². The Morgan fingerprint density at radius 3 is 2.31 bits per heavy atom. The van der Waals surface area contributed by atoms with E-state index in [2.05, 4.69) is 9.97 Å². The van der Waals surface area contributed by atoms with E-state index in [4.69, 9.17) is 22.1 Å². The van der Waals surface area contributed by atoms with Crippen LogP contribution in [0.25, 0.3) is 11.3 Å². The second-order valence-corrected chi connectivity index (χ2v) is 10.2. The Labute approximate surface area is 214 Å². The van der Waals surface area contributed by atoms with E-state index in [0.29, 0.717) is 22.0 Å². The number of hydrogen-bond donors (Lipinski definition) is 2. The molecule has 0 bridgehead atoms. The van der Waals surface area contributed by atoms with Crippen molar-refractivity contribution in [2.75, 3.05) is 5.73 Å². The van der Waals surface area contributed by atoms with Crippen LogP contribution in [0, 0.1) is 20.8 Å². The van der Waals surface area contributed by atoms with Gasteiger partial charge in [-0.25, -0.2) is 14.7 Å². The fraction of sp³-hybridized carbons (Fsp3) is 0.115. The highest BCUT2D eigenvalue weighted by atomic mass is 35.5. The molecule has 0 radical (unpaired) electrons. The minimum absolute atomic E-state index is 0.00503. The summed E-state index contributed by atoms with van der Waals surface area (Å²) in [6, 6.07) is 18.1. The number of anilines is 1. The zero-order chi connectivity index (χ0) is 26.0. The second kappa shape index (κ2) is 9.96. The molecule has 0 aliphatic rings. The lowest BCUT2D eigenvalue weighted by atomic mass is 10.1. The number of ether oxygens (including phenoxy) is 1. The largest absolute Gasteiger partial charge is 0.438 e. The van der Waals surface area contributed by atoms with Gasteiger partial charge in [0.15, 0.2) is 5.03 Å². The third-order valence-electron chi connectivity index (χ3n) is 5.31. The minimum Gasteiger partial charge on any atom is -0.438 e. The number of aryl methyl sites for hydroxylation is 3. The molecule has 36 heavy (non-hydrogen) atoms. The van der Waals surface area contributed by atoms with Gasteiger partial charge in [-0.1, -0.05) is 53.6 Å². The number of nitrogens with one attached hydrogen (secondary N) is 1. The lowest BCUT2D eigenvalue weighted by Crippen LogP contribution is -2.31. The molecule has 0 spiro atoms. The third kappa shape index (κ3) is 5.32. The number of amides is 1. The number of carbonyl (C=O) groups is 1. The highest BCUT2D eigenvalue weighted by Crippen LogP contribution is 2.34. The molecular formula is C26H23ClN4O4S. The van der Waals surface area contributed by atoms with Crippen molar-refractivity contribution in [1.29, 1.82) is 0 Å². The van der Waals surface area contributed by atoms with E-state index >= 15 is 0 Å². The average molecular weight is 523 g/mol. The van der Waals surface area contributed by atoms with Gasteiger partial charge in [0.1, 0.15) is 17.1 Å². The number of rotatable bonds is 6. The van der Waals surface area contributed by atoms with E-state index in [0.717, 1.165) is 16.7 Å². The Morgan fingerprint density at radius 2 is 1.64 bits per heavy atom. The summed E-state index contributed by atoms with van der Waals surface area (Å²) < 4.78 is 33.7. The normalized spacial score (nSPS) is 11.2. The van der Waals surface area contributed by atoms with Crippen molar-refractivity contribution in [3.8, 4) is 22.9 Å². The number of nitrogen functional groups attached to an aromatic ring is 1. The lowest BCUT2D eigenvalue weighted by molar-refractivity contribution is 0.0978. The van der Waals surface area contributed by atoms with Crippen molar-refractivity contribution in [1.82, 2.24) is 14.7 Å². The number of aromatic nitrogens is 2. The van der Waals surface area contributed by atoms with E-state index in [1.807, 2.05) is 43.7 Å². The quantitative estimate of drug-likeness (QED) is 0.356. The molecule has 3 N–H and O–H groups in total. The van der Waals surface area contributed by atoms with Gasteiger partial charge in [0.2, 0.25) is 5.88 Å². The van der Waals surface area contributed by atoms with Crippen molar-refractivity contribution in [3.05, 3.63) is 94.0 Å². The van der Waals surface area contributed by atoms with Crippen LogP contribution in [-0.2, 0) is 10.0 Å². The molecule has 4 aromatic rings. The molecule has 2 aromatic carbocycles. The van der Waals surface area contributed by atoms with Crippen LogP contribution >= 0.6 is 11.6 Å². The Kier molecular flexibility index (Phi) is 6.96. The van der Waals surface area contributed by atoms with Crippen molar-refractivity contribution in [2.24, 2.45) is 0 Å². The molecule has 0 aliphatic heterocycles. The number of sulfonamides is 1. The molecule has 8 nitrogen and oxygen atoms in total. The summed E-state index contributed by atoms with van der Waals surface area (Å²) in [6.45, 7) is 5.72. The number of benzene rings is 2. The van der Waals surface area contributed by atoms with Crippen LogP contribution < -0.4 is 15.2 Å². The van der Waals surface area contributed by atoms with E-state index in [9.17, 15) is 13.2 Å². The molecule has 0 fully saturated rings. The minimum atomic E-state index is -4.31. The Balaban J connectivity index is 1.79. The van der Waals surface area contributed by atoms with Gasteiger partial charge in [0.05, 0.1) is 5.69 Å².